The monoisotopic (exact) mass is 370 g/mol. The predicted molar refractivity (Wildman–Crippen MR) is 109 cm³/mol. The van der Waals surface area contributed by atoms with Gasteiger partial charge in [-0.05, 0) is 43.6 Å². The van der Waals surface area contributed by atoms with E-state index < -0.39 is 0 Å². The normalized spacial score (nSPS) is 14.4. The number of benzene rings is 1. The Hall–Kier alpha value is -2.31. The third kappa shape index (κ3) is 5.58. The van der Waals surface area contributed by atoms with Crippen molar-refractivity contribution in [2.24, 2.45) is 0 Å². The number of aromatic nitrogens is 1. The number of nitrogens with one attached hydrogen (secondary N) is 1. The Morgan fingerprint density at radius 3 is 2.70 bits per heavy atom. The number of anilines is 2. The molecule has 146 valence electrons. The van der Waals surface area contributed by atoms with Gasteiger partial charge in [-0.15, -0.1) is 0 Å². The summed E-state index contributed by atoms with van der Waals surface area (Å²) in [6.07, 6.45) is 3.28. The van der Waals surface area contributed by atoms with E-state index in [4.69, 9.17) is 15.2 Å². The Morgan fingerprint density at radius 2 is 1.96 bits per heavy atom. The van der Waals surface area contributed by atoms with E-state index in [-0.39, 0.29) is 0 Å². The van der Waals surface area contributed by atoms with Crippen molar-refractivity contribution in [3.8, 4) is 5.75 Å². The van der Waals surface area contributed by atoms with Gasteiger partial charge in [0.2, 0.25) is 0 Å². The van der Waals surface area contributed by atoms with Crippen LogP contribution in [0.15, 0.2) is 30.3 Å². The highest BCUT2D eigenvalue weighted by Crippen LogP contribution is 2.25. The minimum Gasteiger partial charge on any atom is -0.496 e. The highest BCUT2D eigenvalue weighted by Gasteiger charge is 2.13. The lowest BCUT2D eigenvalue weighted by Gasteiger charge is -2.17. The molecule has 3 rings (SSSR count). The van der Waals surface area contributed by atoms with Crippen LogP contribution >= 0.6 is 0 Å². The van der Waals surface area contributed by atoms with Crippen LogP contribution in [0.5, 0.6) is 5.75 Å². The van der Waals surface area contributed by atoms with Crippen LogP contribution in [0.1, 0.15) is 29.7 Å². The minimum absolute atomic E-state index is 0.511. The summed E-state index contributed by atoms with van der Waals surface area (Å²) in [5, 5.41) is 3.31. The Labute approximate surface area is 161 Å². The molecule has 6 nitrogen and oxygen atoms in total. The first-order valence-corrected chi connectivity index (χ1v) is 9.55. The number of hydrogen-bond acceptors (Lipinski definition) is 6. The Morgan fingerprint density at radius 1 is 1.15 bits per heavy atom. The first-order valence-electron chi connectivity index (χ1n) is 9.55. The number of pyridine rings is 1. The van der Waals surface area contributed by atoms with E-state index in [0.29, 0.717) is 18.8 Å². The molecule has 2 heterocycles. The summed E-state index contributed by atoms with van der Waals surface area (Å²) in [6.45, 7) is 4.74. The molecular weight excluding hydrogens is 340 g/mol. The highest BCUT2D eigenvalue weighted by atomic mass is 16.5. The lowest BCUT2D eigenvalue weighted by molar-refractivity contribution is 0.211. The molecular formula is C21H30N4O2. The van der Waals surface area contributed by atoms with Crippen molar-refractivity contribution in [2.45, 2.75) is 25.8 Å². The minimum atomic E-state index is 0.511. The predicted octanol–water partition coefficient (Wildman–Crippen LogP) is 2.92. The third-order valence-electron chi connectivity index (χ3n) is 4.86. The molecule has 0 aliphatic carbocycles. The lowest BCUT2D eigenvalue weighted by Crippen LogP contribution is -2.18. The fourth-order valence-corrected chi connectivity index (χ4v) is 3.53. The van der Waals surface area contributed by atoms with Crippen molar-refractivity contribution in [1.29, 1.82) is 0 Å². The van der Waals surface area contributed by atoms with Crippen LogP contribution in [-0.2, 0) is 17.7 Å². The van der Waals surface area contributed by atoms with Crippen LogP contribution < -0.4 is 15.8 Å². The van der Waals surface area contributed by atoms with Crippen LogP contribution in [0, 0.1) is 0 Å². The van der Waals surface area contributed by atoms with Crippen LogP contribution in [0.4, 0.5) is 11.5 Å². The largest absolute Gasteiger partial charge is 0.496 e. The Kier molecular flexibility index (Phi) is 6.90. The molecule has 1 fully saturated rings. The van der Waals surface area contributed by atoms with Gasteiger partial charge in [-0.2, -0.15) is 0 Å². The molecule has 1 aromatic carbocycles. The first kappa shape index (κ1) is 19.5. The summed E-state index contributed by atoms with van der Waals surface area (Å²) in [6, 6.07) is 10.4. The molecule has 0 amide bonds. The van der Waals surface area contributed by atoms with E-state index in [2.05, 4.69) is 33.4 Å². The summed E-state index contributed by atoms with van der Waals surface area (Å²) in [7, 11) is 3.41. The van der Waals surface area contributed by atoms with E-state index >= 15 is 0 Å². The van der Waals surface area contributed by atoms with Crippen molar-refractivity contribution in [3.05, 3.63) is 47.2 Å². The van der Waals surface area contributed by atoms with Gasteiger partial charge in [0.15, 0.2) is 0 Å². The van der Waals surface area contributed by atoms with Crippen molar-refractivity contribution in [3.63, 3.8) is 0 Å². The fourth-order valence-electron chi connectivity index (χ4n) is 3.53. The van der Waals surface area contributed by atoms with Crippen LogP contribution in [-0.4, -0.2) is 50.3 Å². The van der Waals surface area contributed by atoms with Gasteiger partial charge < -0.3 is 20.5 Å². The molecule has 1 aliphatic rings. The van der Waals surface area contributed by atoms with Crippen LogP contribution in [0.25, 0.3) is 0 Å². The molecule has 3 N–H and O–H groups in total. The Bertz CT molecular complexity index is 745. The molecule has 0 bridgehead atoms. The maximum absolute atomic E-state index is 5.98. The number of ether oxygens (including phenoxy) is 2. The molecule has 0 spiro atoms. The molecule has 1 aromatic heterocycles. The average Bonchev–Trinajstić information content (AvgIpc) is 3.16. The van der Waals surface area contributed by atoms with Crippen molar-refractivity contribution in [2.75, 3.05) is 51.5 Å². The van der Waals surface area contributed by atoms with E-state index in [9.17, 15) is 0 Å². The van der Waals surface area contributed by atoms with Crippen LogP contribution in [0.3, 0.4) is 0 Å². The lowest BCUT2D eigenvalue weighted by atomic mass is 10.0. The SMILES string of the molecule is COCCNc1cc(N)nc(Cc2ccc(CN3CCCC3)cc2OC)c1. The second-order valence-corrected chi connectivity index (χ2v) is 7.00. The van der Waals surface area contributed by atoms with Crippen molar-refractivity contribution >= 4 is 11.5 Å². The summed E-state index contributed by atoms with van der Waals surface area (Å²) in [5.74, 6) is 1.42. The molecule has 27 heavy (non-hydrogen) atoms. The number of likely N-dealkylation sites (tertiary alicyclic amines) is 1. The third-order valence-corrected chi connectivity index (χ3v) is 4.86. The van der Waals surface area contributed by atoms with E-state index in [1.807, 2.05) is 12.1 Å². The molecule has 6 heteroatoms. The number of nitrogens with two attached hydrogens (primary N) is 1. The van der Waals surface area contributed by atoms with Gasteiger partial charge in [0.25, 0.3) is 0 Å². The standard InChI is InChI=1S/C21H30N4O2/c1-26-10-7-23-18-13-19(24-21(22)14-18)12-17-6-5-16(11-20(17)27-2)15-25-8-3-4-9-25/h5-6,11,13-14H,3-4,7-10,12,15H2,1-2H3,(H3,22,23,24). The zero-order chi connectivity index (χ0) is 19.1. The maximum atomic E-state index is 5.98. The summed E-state index contributed by atoms with van der Waals surface area (Å²) in [5.41, 5.74) is 10.3. The van der Waals surface area contributed by atoms with Gasteiger partial charge in [-0.25, -0.2) is 4.98 Å². The van der Waals surface area contributed by atoms with Gasteiger partial charge in [0.05, 0.1) is 13.7 Å². The first-order chi connectivity index (χ1) is 13.2. The van der Waals surface area contributed by atoms with Crippen LogP contribution in [0.2, 0.25) is 0 Å². The second-order valence-electron chi connectivity index (χ2n) is 7.00. The van der Waals surface area contributed by atoms with Crippen molar-refractivity contribution < 1.29 is 9.47 Å². The Balaban J connectivity index is 1.72. The quantitative estimate of drug-likeness (QED) is 0.661. The summed E-state index contributed by atoms with van der Waals surface area (Å²) in [4.78, 5) is 6.97. The summed E-state index contributed by atoms with van der Waals surface area (Å²) >= 11 is 0. The average molecular weight is 370 g/mol. The highest BCUT2D eigenvalue weighted by molar-refractivity contribution is 5.53. The molecule has 1 saturated heterocycles. The second kappa shape index (κ2) is 9.58. The van der Waals surface area contributed by atoms with Gasteiger partial charge in [0, 0.05) is 49.6 Å². The number of nitrogens with zero attached hydrogens (tertiary/aromatic N) is 2. The van der Waals surface area contributed by atoms with Gasteiger partial charge in [-0.3, -0.25) is 4.90 Å². The molecule has 2 aromatic rings. The van der Waals surface area contributed by atoms with E-state index in [0.717, 1.165) is 35.8 Å². The molecule has 0 unspecified atom stereocenters. The smallest absolute Gasteiger partial charge is 0.125 e. The zero-order valence-corrected chi connectivity index (χ0v) is 16.3. The molecule has 0 atom stereocenters. The van der Waals surface area contributed by atoms with E-state index in [1.165, 1.54) is 31.5 Å². The molecule has 1 aliphatic heterocycles. The molecule has 0 radical (unpaired) electrons. The summed E-state index contributed by atoms with van der Waals surface area (Å²) < 4.78 is 10.7. The number of rotatable bonds is 9. The van der Waals surface area contributed by atoms with Gasteiger partial charge in [-0.1, -0.05) is 12.1 Å². The number of hydrogen-bond donors (Lipinski definition) is 2. The van der Waals surface area contributed by atoms with Gasteiger partial charge in [0.1, 0.15) is 11.6 Å². The number of nitrogen functional groups attached to an aromatic ring is 1. The topological polar surface area (TPSA) is 72.6 Å². The van der Waals surface area contributed by atoms with Crippen molar-refractivity contribution in [1.82, 2.24) is 9.88 Å². The number of methoxy groups -OCH3 is 2. The fraction of sp³-hybridized carbons (Fsp3) is 0.476. The maximum Gasteiger partial charge on any atom is 0.125 e. The molecule has 0 saturated carbocycles. The van der Waals surface area contributed by atoms with Gasteiger partial charge >= 0.3 is 0 Å². The van der Waals surface area contributed by atoms with E-state index in [1.54, 1.807) is 14.2 Å². The zero-order valence-electron chi connectivity index (χ0n) is 16.3.